The fourth-order valence-electron chi connectivity index (χ4n) is 1.85. The van der Waals surface area contributed by atoms with E-state index in [0.717, 1.165) is 29.4 Å². The topological polar surface area (TPSA) is 34.2 Å². The van der Waals surface area contributed by atoms with Crippen LogP contribution in [0.1, 0.15) is 24.6 Å². The SMILES string of the molecule is CCCCNCc1cnc(-c2ccccc2OC)s1. The van der Waals surface area contributed by atoms with Crippen LogP contribution in [-0.2, 0) is 6.54 Å². The van der Waals surface area contributed by atoms with Gasteiger partial charge in [0.05, 0.1) is 12.7 Å². The van der Waals surface area contributed by atoms with Crippen LogP contribution in [0.2, 0.25) is 0 Å². The minimum Gasteiger partial charge on any atom is -0.496 e. The zero-order valence-electron chi connectivity index (χ0n) is 11.5. The van der Waals surface area contributed by atoms with E-state index in [1.165, 1.54) is 17.7 Å². The van der Waals surface area contributed by atoms with E-state index in [1.807, 2.05) is 30.5 Å². The van der Waals surface area contributed by atoms with E-state index < -0.39 is 0 Å². The molecule has 0 amide bonds. The van der Waals surface area contributed by atoms with E-state index in [4.69, 9.17) is 4.74 Å². The maximum absolute atomic E-state index is 5.37. The smallest absolute Gasteiger partial charge is 0.129 e. The summed E-state index contributed by atoms with van der Waals surface area (Å²) in [5.41, 5.74) is 1.06. The highest BCUT2D eigenvalue weighted by Gasteiger charge is 2.09. The predicted molar refractivity (Wildman–Crippen MR) is 80.7 cm³/mol. The summed E-state index contributed by atoms with van der Waals surface area (Å²) in [7, 11) is 1.69. The second kappa shape index (κ2) is 7.26. The van der Waals surface area contributed by atoms with Crippen molar-refractivity contribution in [2.75, 3.05) is 13.7 Å². The Kier molecular flexibility index (Phi) is 5.36. The van der Waals surface area contributed by atoms with Gasteiger partial charge in [-0.15, -0.1) is 11.3 Å². The highest BCUT2D eigenvalue weighted by atomic mass is 32.1. The molecule has 0 aliphatic heterocycles. The number of thiazole rings is 1. The molecule has 4 heteroatoms. The lowest BCUT2D eigenvalue weighted by atomic mass is 10.2. The van der Waals surface area contributed by atoms with Gasteiger partial charge in [0.15, 0.2) is 0 Å². The average molecular weight is 276 g/mol. The van der Waals surface area contributed by atoms with Crippen LogP contribution in [0.15, 0.2) is 30.5 Å². The lowest BCUT2D eigenvalue weighted by Gasteiger charge is -2.04. The summed E-state index contributed by atoms with van der Waals surface area (Å²) in [6, 6.07) is 8.00. The minimum atomic E-state index is 0.877. The Morgan fingerprint density at radius 3 is 2.95 bits per heavy atom. The summed E-state index contributed by atoms with van der Waals surface area (Å²) in [5, 5.41) is 4.45. The molecule has 0 atom stereocenters. The maximum atomic E-state index is 5.37. The van der Waals surface area contributed by atoms with E-state index in [0.29, 0.717) is 0 Å². The largest absolute Gasteiger partial charge is 0.496 e. The van der Waals surface area contributed by atoms with Gasteiger partial charge in [-0.25, -0.2) is 4.98 Å². The van der Waals surface area contributed by atoms with Gasteiger partial charge >= 0.3 is 0 Å². The van der Waals surface area contributed by atoms with Crippen LogP contribution in [0.3, 0.4) is 0 Å². The molecule has 0 saturated carbocycles. The third kappa shape index (κ3) is 3.78. The molecule has 1 heterocycles. The number of aromatic nitrogens is 1. The first kappa shape index (κ1) is 14.0. The Balaban J connectivity index is 2.04. The summed E-state index contributed by atoms with van der Waals surface area (Å²) < 4.78 is 5.37. The number of para-hydroxylation sites is 1. The van der Waals surface area contributed by atoms with E-state index in [1.54, 1.807) is 18.4 Å². The van der Waals surface area contributed by atoms with Crippen molar-refractivity contribution in [1.29, 1.82) is 0 Å². The number of hydrogen-bond donors (Lipinski definition) is 1. The zero-order chi connectivity index (χ0) is 13.5. The van der Waals surface area contributed by atoms with Gasteiger partial charge in [-0.1, -0.05) is 25.5 Å². The van der Waals surface area contributed by atoms with Gasteiger partial charge in [-0.05, 0) is 25.1 Å². The van der Waals surface area contributed by atoms with Gasteiger partial charge < -0.3 is 10.1 Å². The third-order valence-corrected chi connectivity index (χ3v) is 3.93. The van der Waals surface area contributed by atoms with E-state index in [2.05, 4.69) is 17.2 Å². The number of hydrogen-bond acceptors (Lipinski definition) is 4. The number of methoxy groups -OCH3 is 1. The molecule has 19 heavy (non-hydrogen) atoms. The Labute approximate surface area is 118 Å². The molecule has 0 unspecified atom stereocenters. The van der Waals surface area contributed by atoms with E-state index >= 15 is 0 Å². The first-order valence-electron chi connectivity index (χ1n) is 6.64. The predicted octanol–water partition coefficient (Wildman–Crippen LogP) is 3.71. The van der Waals surface area contributed by atoms with Crippen LogP contribution in [0.25, 0.3) is 10.6 Å². The molecule has 2 aromatic rings. The van der Waals surface area contributed by atoms with Crippen molar-refractivity contribution in [2.45, 2.75) is 26.3 Å². The molecule has 0 bridgehead atoms. The molecule has 0 spiro atoms. The van der Waals surface area contributed by atoms with Gasteiger partial charge in [0.2, 0.25) is 0 Å². The number of benzene rings is 1. The quantitative estimate of drug-likeness (QED) is 0.783. The van der Waals surface area contributed by atoms with Crippen LogP contribution < -0.4 is 10.1 Å². The molecular formula is C15H20N2OS. The molecule has 0 aliphatic carbocycles. The lowest BCUT2D eigenvalue weighted by Crippen LogP contribution is -2.13. The number of nitrogens with one attached hydrogen (secondary N) is 1. The first-order chi connectivity index (χ1) is 9.35. The minimum absolute atomic E-state index is 0.877. The summed E-state index contributed by atoms with van der Waals surface area (Å²) in [6.07, 6.45) is 4.39. The maximum Gasteiger partial charge on any atom is 0.129 e. The molecule has 0 fully saturated rings. The average Bonchev–Trinajstić information content (AvgIpc) is 2.92. The molecule has 2 rings (SSSR count). The molecular weight excluding hydrogens is 256 g/mol. The second-order valence-corrected chi connectivity index (χ2v) is 5.48. The van der Waals surface area contributed by atoms with Gasteiger partial charge in [-0.2, -0.15) is 0 Å². The van der Waals surface area contributed by atoms with E-state index in [-0.39, 0.29) is 0 Å². The number of nitrogens with zero attached hydrogens (tertiary/aromatic N) is 1. The Morgan fingerprint density at radius 1 is 1.32 bits per heavy atom. The van der Waals surface area contributed by atoms with Crippen molar-refractivity contribution in [1.82, 2.24) is 10.3 Å². The first-order valence-corrected chi connectivity index (χ1v) is 7.45. The fraction of sp³-hybridized carbons (Fsp3) is 0.400. The number of rotatable bonds is 7. The molecule has 1 aromatic carbocycles. The number of ether oxygens (including phenoxy) is 1. The normalized spacial score (nSPS) is 10.6. The van der Waals surface area contributed by atoms with Crippen molar-refractivity contribution >= 4 is 11.3 Å². The van der Waals surface area contributed by atoms with Crippen molar-refractivity contribution in [2.24, 2.45) is 0 Å². The van der Waals surface area contributed by atoms with Gasteiger partial charge in [0.25, 0.3) is 0 Å². The van der Waals surface area contributed by atoms with Crippen molar-refractivity contribution in [3.8, 4) is 16.3 Å². The monoisotopic (exact) mass is 276 g/mol. The van der Waals surface area contributed by atoms with Crippen LogP contribution in [0, 0.1) is 0 Å². The summed E-state index contributed by atoms with van der Waals surface area (Å²) >= 11 is 1.72. The molecule has 0 saturated heterocycles. The molecule has 1 N–H and O–H groups in total. The van der Waals surface area contributed by atoms with Crippen LogP contribution in [0.5, 0.6) is 5.75 Å². The fourth-order valence-corrected chi connectivity index (χ4v) is 2.76. The van der Waals surface area contributed by atoms with Crippen LogP contribution >= 0.6 is 11.3 Å². The summed E-state index contributed by atoms with van der Waals surface area (Å²) in [5.74, 6) is 0.877. The summed E-state index contributed by atoms with van der Waals surface area (Å²) in [6.45, 7) is 4.17. The van der Waals surface area contributed by atoms with Gasteiger partial charge in [0, 0.05) is 17.6 Å². The van der Waals surface area contributed by atoms with Crippen molar-refractivity contribution < 1.29 is 4.74 Å². The molecule has 1 aromatic heterocycles. The third-order valence-electron chi connectivity index (χ3n) is 2.90. The van der Waals surface area contributed by atoms with E-state index in [9.17, 15) is 0 Å². The molecule has 102 valence electrons. The van der Waals surface area contributed by atoms with Gasteiger partial charge in [0.1, 0.15) is 10.8 Å². The Morgan fingerprint density at radius 2 is 2.16 bits per heavy atom. The lowest BCUT2D eigenvalue weighted by molar-refractivity contribution is 0.416. The van der Waals surface area contributed by atoms with Crippen molar-refractivity contribution in [3.05, 3.63) is 35.3 Å². The van der Waals surface area contributed by atoms with Crippen LogP contribution in [0.4, 0.5) is 0 Å². The molecule has 0 radical (unpaired) electrons. The second-order valence-electron chi connectivity index (χ2n) is 4.36. The standard InChI is InChI=1S/C15H20N2OS/c1-3-4-9-16-10-12-11-17-15(19-12)13-7-5-6-8-14(13)18-2/h5-8,11,16H,3-4,9-10H2,1-2H3. The van der Waals surface area contributed by atoms with Crippen LogP contribution in [-0.4, -0.2) is 18.6 Å². The molecule has 3 nitrogen and oxygen atoms in total. The summed E-state index contributed by atoms with van der Waals surface area (Å²) in [4.78, 5) is 5.75. The van der Waals surface area contributed by atoms with Gasteiger partial charge in [-0.3, -0.25) is 0 Å². The highest BCUT2D eigenvalue weighted by molar-refractivity contribution is 7.15. The van der Waals surface area contributed by atoms with Crippen molar-refractivity contribution in [3.63, 3.8) is 0 Å². The highest BCUT2D eigenvalue weighted by Crippen LogP contribution is 2.32. The zero-order valence-corrected chi connectivity index (χ0v) is 12.3. The molecule has 0 aliphatic rings. The Hall–Kier alpha value is -1.39. The Bertz CT molecular complexity index is 510. The number of unbranched alkanes of at least 4 members (excludes halogenated alkanes) is 1.